The maximum absolute atomic E-state index is 12.6. The number of nitrogens with zero attached hydrogens (tertiary/aromatic N) is 3. The highest BCUT2D eigenvalue weighted by atomic mass is 79.9. The number of amides is 1. The van der Waals surface area contributed by atoms with Crippen molar-refractivity contribution >= 4 is 44.6 Å². The Morgan fingerprint density at radius 1 is 1.13 bits per heavy atom. The lowest BCUT2D eigenvalue weighted by molar-refractivity contribution is -0.121. The van der Waals surface area contributed by atoms with Crippen LogP contribution in [0.1, 0.15) is 36.3 Å². The minimum atomic E-state index is -0.0898. The average molecular weight is 498 g/mol. The standard InChI is InChI=1S/C24H22BrClN4O/c1-16(18-6-10-20(26)11-7-18)28-23(31)13-12-22-29-21-3-2-14-27-24(21)30(22)15-17-4-8-19(25)9-5-17/h2-11,14,16H,12-13,15H2,1H3,(H,28,31). The molecule has 0 radical (unpaired) electrons. The summed E-state index contributed by atoms with van der Waals surface area (Å²) < 4.78 is 3.13. The van der Waals surface area contributed by atoms with Gasteiger partial charge in [-0.1, -0.05) is 51.8 Å². The van der Waals surface area contributed by atoms with Crippen LogP contribution < -0.4 is 5.32 Å². The Balaban J connectivity index is 1.48. The topological polar surface area (TPSA) is 59.8 Å². The monoisotopic (exact) mass is 496 g/mol. The zero-order valence-corrected chi connectivity index (χ0v) is 19.4. The number of benzene rings is 2. The second-order valence-corrected chi connectivity index (χ2v) is 8.78. The molecule has 158 valence electrons. The molecule has 4 rings (SSSR count). The molecule has 5 nitrogen and oxygen atoms in total. The van der Waals surface area contributed by atoms with Gasteiger partial charge >= 0.3 is 0 Å². The van der Waals surface area contributed by atoms with Crippen molar-refractivity contribution in [1.29, 1.82) is 0 Å². The first-order chi connectivity index (χ1) is 15.0. The molecule has 7 heteroatoms. The van der Waals surface area contributed by atoms with Gasteiger partial charge in [0.05, 0.1) is 12.6 Å². The molecule has 0 spiro atoms. The van der Waals surface area contributed by atoms with Crippen molar-refractivity contribution in [2.45, 2.75) is 32.4 Å². The lowest BCUT2D eigenvalue weighted by Crippen LogP contribution is -2.27. The number of aromatic nitrogens is 3. The maximum atomic E-state index is 12.6. The zero-order valence-electron chi connectivity index (χ0n) is 17.1. The van der Waals surface area contributed by atoms with Crippen LogP contribution in [-0.2, 0) is 17.8 Å². The number of carbonyl (C=O) groups is 1. The predicted molar refractivity (Wildman–Crippen MR) is 127 cm³/mol. The first-order valence-electron chi connectivity index (χ1n) is 10.1. The van der Waals surface area contributed by atoms with Gasteiger partial charge in [-0.2, -0.15) is 0 Å². The SMILES string of the molecule is CC(NC(=O)CCc1nc2cccnc2n1Cc1ccc(Br)cc1)c1ccc(Cl)cc1. The Bertz CT molecular complexity index is 1190. The van der Waals surface area contributed by atoms with E-state index >= 15 is 0 Å². The Morgan fingerprint density at radius 3 is 2.61 bits per heavy atom. The molecule has 2 heterocycles. The fourth-order valence-electron chi connectivity index (χ4n) is 3.51. The largest absolute Gasteiger partial charge is 0.350 e. The van der Waals surface area contributed by atoms with E-state index in [9.17, 15) is 4.79 Å². The highest BCUT2D eigenvalue weighted by Crippen LogP contribution is 2.19. The van der Waals surface area contributed by atoms with Crippen molar-refractivity contribution in [3.05, 3.63) is 93.3 Å². The molecule has 0 fully saturated rings. The van der Waals surface area contributed by atoms with Crippen molar-refractivity contribution < 1.29 is 4.79 Å². The van der Waals surface area contributed by atoms with Crippen LogP contribution >= 0.6 is 27.5 Å². The molecule has 1 amide bonds. The van der Waals surface area contributed by atoms with Crippen LogP contribution in [0.15, 0.2) is 71.3 Å². The molecule has 0 bridgehead atoms. The van der Waals surface area contributed by atoms with Crippen LogP contribution in [-0.4, -0.2) is 20.4 Å². The summed E-state index contributed by atoms with van der Waals surface area (Å²) in [5.41, 5.74) is 3.83. The van der Waals surface area contributed by atoms with Crippen LogP contribution in [0.2, 0.25) is 5.02 Å². The summed E-state index contributed by atoms with van der Waals surface area (Å²) in [4.78, 5) is 21.9. The number of hydrogen-bond acceptors (Lipinski definition) is 3. The maximum Gasteiger partial charge on any atom is 0.220 e. The summed E-state index contributed by atoms with van der Waals surface area (Å²) >= 11 is 9.43. The van der Waals surface area contributed by atoms with E-state index in [4.69, 9.17) is 16.6 Å². The highest BCUT2D eigenvalue weighted by molar-refractivity contribution is 9.10. The van der Waals surface area contributed by atoms with Gasteiger partial charge in [-0.25, -0.2) is 9.97 Å². The van der Waals surface area contributed by atoms with Crippen LogP contribution in [0.25, 0.3) is 11.2 Å². The van der Waals surface area contributed by atoms with E-state index in [1.165, 1.54) is 0 Å². The van der Waals surface area contributed by atoms with Gasteiger partial charge in [0.2, 0.25) is 5.91 Å². The lowest BCUT2D eigenvalue weighted by Gasteiger charge is -2.15. The molecule has 0 aliphatic heterocycles. The fraction of sp³-hybridized carbons (Fsp3) is 0.208. The molecule has 4 aromatic rings. The lowest BCUT2D eigenvalue weighted by atomic mass is 10.1. The summed E-state index contributed by atoms with van der Waals surface area (Å²) in [6.45, 7) is 2.62. The van der Waals surface area contributed by atoms with Crippen molar-refractivity contribution in [2.75, 3.05) is 0 Å². The van der Waals surface area contributed by atoms with Crippen LogP contribution in [0, 0.1) is 0 Å². The number of fused-ring (bicyclic) bond motifs is 1. The van der Waals surface area contributed by atoms with E-state index in [0.717, 1.165) is 32.6 Å². The van der Waals surface area contributed by atoms with E-state index in [0.29, 0.717) is 24.4 Å². The number of imidazole rings is 1. The molecule has 31 heavy (non-hydrogen) atoms. The second-order valence-electron chi connectivity index (χ2n) is 7.43. The van der Waals surface area contributed by atoms with E-state index in [-0.39, 0.29) is 11.9 Å². The third-order valence-corrected chi connectivity index (χ3v) is 5.94. The van der Waals surface area contributed by atoms with Gasteiger partial charge < -0.3 is 9.88 Å². The molecule has 2 aromatic carbocycles. The quantitative estimate of drug-likeness (QED) is 0.356. The number of nitrogens with one attached hydrogen (secondary N) is 1. The number of hydrogen-bond donors (Lipinski definition) is 1. The molecule has 1 unspecified atom stereocenters. The third kappa shape index (κ3) is 5.32. The zero-order chi connectivity index (χ0) is 21.8. The number of halogens is 2. The summed E-state index contributed by atoms with van der Waals surface area (Å²) in [5, 5.41) is 3.74. The van der Waals surface area contributed by atoms with Gasteiger partial charge in [-0.15, -0.1) is 0 Å². The molecule has 2 aromatic heterocycles. The van der Waals surface area contributed by atoms with E-state index < -0.39 is 0 Å². The first-order valence-corrected chi connectivity index (χ1v) is 11.3. The van der Waals surface area contributed by atoms with Crippen molar-refractivity contribution in [3.8, 4) is 0 Å². The van der Waals surface area contributed by atoms with Gasteiger partial charge in [0.15, 0.2) is 5.65 Å². The summed E-state index contributed by atoms with van der Waals surface area (Å²) in [5.74, 6) is 0.837. The molecule has 0 aliphatic carbocycles. The Morgan fingerprint density at radius 2 is 1.87 bits per heavy atom. The highest BCUT2D eigenvalue weighted by Gasteiger charge is 2.15. The van der Waals surface area contributed by atoms with E-state index in [2.05, 4.69) is 42.9 Å². The molecule has 0 saturated heterocycles. The summed E-state index contributed by atoms with van der Waals surface area (Å²) in [7, 11) is 0. The Hall–Kier alpha value is -2.70. The first kappa shape index (κ1) is 21.5. The minimum Gasteiger partial charge on any atom is -0.350 e. The smallest absolute Gasteiger partial charge is 0.220 e. The fourth-order valence-corrected chi connectivity index (χ4v) is 3.90. The predicted octanol–water partition coefficient (Wildman–Crippen LogP) is 5.71. The second kappa shape index (κ2) is 9.62. The third-order valence-electron chi connectivity index (χ3n) is 5.16. The van der Waals surface area contributed by atoms with Crippen LogP contribution in [0.4, 0.5) is 0 Å². The van der Waals surface area contributed by atoms with Crippen molar-refractivity contribution in [2.24, 2.45) is 0 Å². The molecule has 1 N–H and O–H groups in total. The van der Waals surface area contributed by atoms with Crippen molar-refractivity contribution in [3.63, 3.8) is 0 Å². The number of rotatable bonds is 7. The number of aryl methyl sites for hydroxylation is 1. The van der Waals surface area contributed by atoms with Crippen molar-refractivity contribution in [1.82, 2.24) is 19.9 Å². The van der Waals surface area contributed by atoms with Gasteiger partial charge in [-0.05, 0) is 54.4 Å². The minimum absolute atomic E-state index is 0.0161. The average Bonchev–Trinajstić information content (AvgIpc) is 3.11. The molecule has 0 aliphatic rings. The number of pyridine rings is 1. The van der Waals surface area contributed by atoms with Crippen LogP contribution in [0.5, 0.6) is 0 Å². The Kier molecular flexibility index (Phi) is 6.68. The normalized spacial score (nSPS) is 12.1. The van der Waals surface area contributed by atoms with E-state index in [1.807, 2.05) is 55.5 Å². The van der Waals surface area contributed by atoms with Gasteiger partial charge in [0.25, 0.3) is 0 Å². The van der Waals surface area contributed by atoms with E-state index in [1.54, 1.807) is 6.20 Å². The van der Waals surface area contributed by atoms with Crippen LogP contribution in [0.3, 0.4) is 0 Å². The van der Waals surface area contributed by atoms with Gasteiger partial charge in [0.1, 0.15) is 11.3 Å². The molecular weight excluding hydrogens is 476 g/mol. The Labute approximate surface area is 194 Å². The van der Waals surface area contributed by atoms with Gasteiger partial charge in [0, 0.05) is 28.5 Å². The number of carbonyl (C=O) groups excluding carboxylic acids is 1. The summed E-state index contributed by atoms with van der Waals surface area (Å²) in [6, 6.07) is 19.4. The molecule has 1 atom stereocenters. The summed E-state index contributed by atoms with van der Waals surface area (Å²) in [6.07, 6.45) is 2.65. The molecular formula is C24H22BrClN4O. The van der Waals surface area contributed by atoms with Gasteiger partial charge in [-0.3, -0.25) is 4.79 Å². The molecule has 0 saturated carbocycles.